The highest BCUT2D eigenvalue weighted by Crippen LogP contribution is 2.40. The Morgan fingerprint density at radius 1 is 1.23 bits per heavy atom. The van der Waals surface area contributed by atoms with Crippen LogP contribution in [0.1, 0.15) is 31.0 Å². The molecule has 2 heterocycles. The van der Waals surface area contributed by atoms with Crippen molar-refractivity contribution >= 4 is 11.9 Å². The van der Waals surface area contributed by atoms with Crippen LogP contribution in [0.15, 0.2) is 59.8 Å². The average Bonchev–Trinajstić information content (AvgIpc) is 3.22. The molecule has 1 aromatic heterocycles. The normalized spacial score (nSPS) is 15.0. The molecule has 0 saturated carbocycles. The van der Waals surface area contributed by atoms with Crippen LogP contribution in [0.4, 0.5) is 5.95 Å². The molecule has 0 bridgehead atoms. The highest BCUT2D eigenvalue weighted by atomic mass is 16.5. The van der Waals surface area contributed by atoms with Crippen LogP contribution in [-0.2, 0) is 9.53 Å². The number of allylic oxidation sites excluding steroid dienone is 1. The summed E-state index contributed by atoms with van der Waals surface area (Å²) in [6.45, 7) is 3.78. The lowest BCUT2D eigenvalue weighted by atomic mass is 9.95. The third-order valence-electron chi connectivity index (χ3n) is 4.63. The molecule has 3 aromatic rings. The molecule has 0 saturated heterocycles. The van der Waals surface area contributed by atoms with Crippen LogP contribution in [-0.4, -0.2) is 32.8 Å². The number of carbonyl (C=O) groups excluding carboxylic acids is 1. The maximum atomic E-state index is 12.8. The van der Waals surface area contributed by atoms with Crippen molar-refractivity contribution in [2.45, 2.75) is 19.9 Å². The van der Waals surface area contributed by atoms with Crippen LogP contribution in [0.3, 0.4) is 0 Å². The van der Waals surface area contributed by atoms with E-state index in [4.69, 9.17) is 14.7 Å². The molecule has 2 aromatic carbocycles. The number of hydrogen-bond donors (Lipinski definition) is 1. The summed E-state index contributed by atoms with van der Waals surface area (Å²) in [5.41, 5.74) is 2.23. The first-order chi connectivity index (χ1) is 14.6. The van der Waals surface area contributed by atoms with Gasteiger partial charge in [-0.25, -0.2) is 4.79 Å². The monoisotopic (exact) mass is 402 g/mol. The fourth-order valence-corrected chi connectivity index (χ4v) is 3.30. The summed E-state index contributed by atoms with van der Waals surface area (Å²) in [4.78, 5) is 12.8. The minimum Gasteiger partial charge on any atom is -0.463 e. The number of nitrogens with zero attached hydrogens (tertiary/aromatic N) is 5. The Labute approximate surface area is 172 Å². The largest absolute Gasteiger partial charge is 0.463 e. The van der Waals surface area contributed by atoms with E-state index < -0.39 is 12.0 Å². The predicted octanol–water partition coefficient (Wildman–Crippen LogP) is 3.19. The number of tetrazole rings is 1. The first kappa shape index (κ1) is 19.1. The maximum Gasteiger partial charge on any atom is 0.338 e. The second kappa shape index (κ2) is 8.05. The van der Waals surface area contributed by atoms with Crippen LogP contribution in [0.5, 0.6) is 11.5 Å². The van der Waals surface area contributed by atoms with E-state index in [2.05, 4.69) is 26.9 Å². The summed E-state index contributed by atoms with van der Waals surface area (Å²) in [5.74, 6) is 1.05. The van der Waals surface area contributed by atoms with Gasteiger partial charge in [-0.2, -0.15) is 9.94 Å². The maximum absolute atomic E-state index is 12.8. The number of nitriles is 1. The Balaban J connectivity index is 1.80. The van der Waals surface area contributed by atoms with Crippen LogP contribution in [0.25, 0.3) is 0 Å². The quantitative estimate of drug-likeness (QED) is 0.647. The highest BCUT2D eigenvalue weighted by molar-refractivity contribution is 5.92. The molecule has 0 fully saturated rings. The van der Waals surface area contributed by atoms with Crippen molar-refractivity contribution in [2.24, 2.45) is 0 Å². The lowest BCUT2D eigenvalue weighted by Crippen LogP contribution is -2.30. The molecule has 30 heavy (non-hydrogen) atoms. The molecule has 0 radical (unpaired) electrons. The van der Waals surface area contributed by atoms with E-state index in [1.165, 1.54) is 4.68 Å². The number of aromatic nitrogens is 4. The molecule has 150 valence electrons. The number of hydrogen-bond acceptors (Lipinski definition) is 8. The van der Waals surface area contributed by atoms with E-state index in [0.717, 1.165) is 0 Å². The van der Waals surface area contributed by atoms with Crippen LogP contribution < -0.4 is 10.1 Å². The van der Waals surface area contributed by atoms with E-state index in [1.54, 1.807) is 44.2 Å². The van der Waals surface area contributed by atoms with E-state index in [9.17, 15) is 4.79 Å². The number of esters is 1. The molecule has 9 heteroatoms. The number of rotatable bonds is 5. The number of fused-ring (bicyclic) bond motifs is 1. The summed E-state index contributed by atoms with van der Waals surface area (Å²) in [6, 6.07) is 15.6. The third-order valence-corrected chi connectivity index (χ3v) is 4.63. The number of anilines is 1. The van der Waals surface area contributed by atoms with Gasteiger partial charge in [0.15, 0.2) is 0 Å². The Morgan fingerprint density at radius 2 is 2.00 bits per heavy atom. The van der Waals surface area contributed by atoms with Crippen molar-refractivity contribution in [3.8, 4) is 17.6 Å². The molecule has 9 nitrogen and oxygen atoms in total. The summed E-state index contributed by atoms with van der Waals surface area (Å²) < 4.78 is 12.9. The number of ether oxygens (including phenoxy) is 2. The molecule has 1 atom stereocenters. The van der Waals surface area contributed by atoms with Gasteiger partial charge in [0, 0.05) is 11.3 Å². The zero-order chi connectivity index (χ0) is 21.1. The number of nitrogens with one attached hydrogen (secondary N) is 1. The van der Waals surface area contributed by atoms with Gasteiger partial charge in [0.1, 0.15) is 17.5 Å². The lowest BCUT2D eigenvalue weighted by molar-refractivity contribution is -0.139. The Hall–Kier alpha value is -4.19. The minimum absolute atomic E-state index is 0.244. The molecule has 1 unspecified atom stereocenters. The summed E-state index contributed by atoms with van der Waals surface area (Å²) in [6.07, 6.45) is 0. The predicted molar refractivity (Wildman–Crippen MR) is 107 cm³/mol. The molecule has 0 spiro atoms. The van der Waals surface area contributed by atoms with Gasteiger partial charge in [-0.3, -0.25) is 0 Å². The van der Waals surface area contributed by atoms with Crippen molar-refractivity contribution in [2.75, 3.05) is 11.9 Å². The molecular formula is C21H18N6O3. The number of para-hydroxylation sites is 1. The summed E-state index contributed by atoms with van der Waals surface area (Å²) in [7, 11) is 0. The van der Waals surface area contributed by atoms with Crippen LogP contribution in [0, 0.1) is 11.3 Å². The second-order valence-corrected chi connectivity index (χ2v) is 6.51. The minimum atomic E-state index is -0.634. The fourth-order valence-electron chi connectivity index (χ4n) is 3.30. The first-order valence-corrected chi connectivity index (χ1v) is 9.32. The zero-order valence-electron chi connectivity index (χ0n) is 16.4. The van der Waals surface area contributed by atoms with E-state index >= 15 is 0 Å². The fraction of sp³-hybridized carbons (Fsp3) is 0.190. The molecule has 0 amide bonds. The molecule has 1 N–H and O–H groups in total. The first-order valence-electron chi connectivity index (χ1n) is 9.32. The van der Waals surface area contributed by atoms with Gasteiger partial charge in [0.25, 0.3) is 0 Å². The van der Waals surface area contributed by atoms with Crippen molar-refractivity contribution < 1.29 is 14.3 Å². The van der Waals surface area contributed by atoms with Crippen LogP contribution >= 0.6 is 0 Å². The second-order valence-electron chi connectivity index (χ2n) is 6.51. The van der Waals surface area contributed by atoms with Crippen molar-refractivity contribution in [1.82, 2.24) is 20.2 Å². The van der Waals surface area contributed by atoms with E-state index in [0.29, 0.717) is 39.8 Å². The Kier molecular flexibility index (Phi) is 5.13. The van der Waals surface area contributed by atoms with Gasteiger partial charge in [0.2, 0.25) is 5.95 Å². The van der Waals surface area contributed by atoms with Gasteiger partial charge >= 0.3 is 5.97 Å². The summed E-state index contributed by atoms with van der Waals surface area (Å²) in [5, 5.41) is 23.8. The van der Waals surface area contributed by atoms with Crippen molar-refractivity contribution in [3.05, 3.63) is 70.9 Å². The molecule has 0 aliphatic carbocycles. The molecular weight excluding hydrogens is 384 g/mol. The number of carbonyl (C=O) groups is 1. The highest BCUT2D eigenvalue weighted by Gasteiger charge is 2.36. The molecule has 4 rings (SSSR count). The van der Waals surface area contributed by atoms with Gasteiger partial charge in [-0.15, -0.1) is 0 Å². The lowest BCUT2D eigenvalue weighted by Gasteiger charge is -2.28. The third kappa shape index (κ3) is 3.46. The van der Waals surface area contributed by atoms with Gasteiger partial charge in [-0.05, 0) is 54.6 Å². The molecule has 1 aliphatic heterocycles. The Morgan fingerprint density at radius 3 is 2.73 bits per heavy atom. The van der Waals surface area contributed by atoms with Gasteiger partial charge in [0.05, 0.1) is 23.8 Å². The molecule has 1 aliphatic rings. The Bertz CT molecular complexity index is 1160. The average molecular weight is 402 g/mol. The van der Waals surface area contributed by atoms with Crippen molar-refractivity contribution in [3.63, 3.8) is 0 Å². The standard InChI is InChI=1S/C21H18N6O3/c1-3-29-20(28)18-13(2)23-21-24-25-26-27(21)19(18)16-6-4-5-7-17(16)30-15-10-8-14(12-22)9-11-15/h4-11,19H,3H2,1-2H3,(H,23,24,26). The van der Waals surface area contributed by atoms with E-state index in [-0.39, 0.29) is 6.61 Å². The topological polar surface area (TPSA) is 115 Å². The number of benzene rings is 2. The smallest absolute Gasteiger partial charge is 0.338 e. The van der Waals surface area contributed by atoms with Crippen LogP contribution in [0.2, 0.25) is 0 Å². The van der Waals surface area contributed by atoms with E-state index in [1.807, 2.05) is 18.2 Å². The van der Waals surface area contributed by atoms with Gasteiger partial charge in [-0.1, -0.05) is 23.3 Å². The van der Waals surface area contributed by atoms with Crippen molar-refractivity contribution in [1.29, 1.82) is 5.26 Å². The SMILES string of the molecule is CCOC(=O)C1=C(C)Nc2nnnn2C1c1ccccc1Oc1ccc(C#N)cc1. The van der Waals surface area contributed by atoms with Gasteiger partial charge < -0.3 is 14.8 Å². The zero-order valence-corrected chi connectivity index (χ0v) is 16.4. The summed E-state index contributed by atoms with van der Waals surface area (Å²) >= 11 is 0.